The molecule has 0 atom stereocenters. The molecule has 0 N–H and O–H groups in total. The van der Waals surface area contributed by atoms with Crippen LogP contribution >= 0.6 is 0 Å². The lowest BCUT2D eigenvalue weighted by molar-refractivity contribution is -0.385. The van der Waals surface area contributed by atoms with E-state index in [-0.39, 0.29) is 17.1 Å². The van der Waals surface area contributed by atoms with Gasteiger partial charge >= 0.3 is 0 Å². The average Bonchev–Trinajstić information content (AvgIpc) is 2.57. The summed E-state index contributed by atoms with van der Waals surface area (Å²) >= 11 is 0. The Balaban J connectivity index is 2.30. The van der Waals surface area contributed by atoms with Gasteiger partial charge in [-0.25, -0.2) is 8.42 Å². The van der Waals surface area contributed by atoms with Crippen molar-refractivity contribution >= 4 is 15.7 Å². The molecule has 0 aromatic heterocycles. The highest BCUT2D eigenvalue weighted by atomic mass is 32.2. The molecule has 0 fully saturated rings. The summed E-state index contributed by atoms with van der Waals surface area (Å²) in [6, 6.07) is 12.2. The van der Waals surface area contributed by atoms with Crippen molar-refractivity contribution in [3.8, 4) is 5.75 Å². The molecule has 0 spiro atoms. The number of nitrogens with zero attached hydrogens (tertiary/aromatic N) is 2. The third-order valence-corrected chi connectivity index (χ3v) is 5.20. The fraction of sp³-hybridized carbons (Fsp3) is 0.250. The van der Waals surface area contributed by atoms with E-state index in [4.69, 9.17) is 4.74 Å². The van der Waals surface area contributed by atoms with Crippen LogP contribution in [0.2, 0.25) is 0 Å². The Hall–Kier alpha value is -2.45. The Kier molecular flexibility index (Phi) is 5.53. The monoisotopic (exact) mass is 350 g/mol. The minimum Gasteiger partial charge on any atom is -0.494 e. The van der Waals surface area contributed by atoms with Gasteiger partial charge < -0.3 is 4.74 Å². The number of non-ortho nitro benzene ring substituents is 1. The molecular formula is C16H18N2O5S. The maximum atomic E-state index is 12.6. The quantitative estimate of drug-likeness (QED) is 0.566. The van der Waals surface area contributed by atoms with E-state index in [2.05, 4.69) is 0 Å². The molecule has 0 aliphatic carbocycles. The summed E-state index contributed by atoms with van der Waals surface area (Å²) in [6.45, 7) is 2.42. The SMILES string of the molecule is CCOc1ccccc1CN(C)S(=O)(=O)c1cccc([N+](=O)[O-])c1. The van der Waals surface area contributed by atoms with Crippen LogP contribution in [0.4, 0.5) is 5.69 Å². The van der Waals surface area contributed by atoms with Crippen molar-refractivity contribution in [1.82, 2.24) is 4.31 Å². The second-order valence-electron chi connectivity index (χ2n) is 5.06. The first kappa shape index (κ1) is 17.9. The van der Waals surface area contributed by atoms with E-state index in [0.29, 0.717) is 12.4 Å². The molecule has 24 heavy (non-hydrogen) atoms. The molecule has 0 aliphatic heterocycles. The van der Waals surface area contributed by atoms with E-state index in [1.165, 1.54) is 25.2 Å². The van der Waals surface area contributed by atoms with Gasteiger partial charge in [-0.1, -0.05) is 24.3 Å². The lowest BCUT2D eigenvalue weighted by Gasteiger charge is -2.19. The van der Waals surface area contributed by atoms with Gasteiger partial charge in [-0.05, 0) is 19.1 Å². The third kappa shape index (κ3) is 3.90. The molecule has 0 amide bonds. The Morgan fingerprint density at radius 2 is 1.88 bits per heavy atom. The first-order valence-corrected chi connectivity index (χ1v) is 8.71. The van der Waals surface area contributed by atoms with Gasteiger partial charge in [-0.2, -0.15) is 4.31 Å². The van der Waals surface area contributed by atoms with Crippen molar-refractivity contribution in [2.24, 2.45) is 0 Å². The van der Waals surface area contributed by atoms with Gasteiger partial charge in [-0.3, -0.25) is 10.1 Å². The third-order valence-electron chi connectivity index (χ3n) is 3.40. The summed E-state index contributed by atoms with van der Waals surface area (Å²) in [7, 11) is -2.42. The molecule has 0 bridgehead atoms. The minimum absolute atomic E-state index is 0.0984. The van der Waals surface area contributed by atoms with Gasteiger partial charge in [0.15, 0.2) is 0 Å². The van der Waals surface area contributed by atoms with Crippen molar-refractivity contribution in [1.29, 1.82) is 0 Å². The summed E-state index contributed by atoms with van der Waals surface area (Å²) in [5.74, 6) is 0.612. The van der Waals surface area contributed by atoms with Crippen LogP contribution in [0.3, 0.4) is 0 Å². The normalized spacial score (nSPS) is 11.5. The highest BCUT2D eigenvalue weighted by Crippen LogP contribution is 2.24. The Bertz CT molecular complexity index is 836. The lowest BCUT2D eigenvalue weighted by Crippen LogP contribution is -2.26. The van der Waals surface area contributed by atoms with Crippen LogP contribution in [0.5, 0.6) is 5.75 Å². The average molecular weight is 350 g/mol. The summed E-state index contributed by atoms with van der Waals surface area (Å²) in [5.41, 5.74) is 0.454. The number of sulfonamides is 1. The predicted octanol–water partition coefficient (Wildman–Crippen LogP) is 2.81. The number of para-hydroxylation sites is 1. The van der Waals surface area contributed by atoms with Crippen LogP contribution in [0.25, 0.3) is 0 Å². The van der Waals surface area contributed by atoms with Gasteiger partial charge in [-0.15, -0.1) is 0 Å². The van der Waals surface area contributed by atoms with Crippen LogP contribution in [0.1, 0.15) is 12.5 Å². The second-order valence-corrected chi connectivity index (χ2v) is 7.10. The molecule has 0 radical (unpaired) electrons. The molecule has 2 rings (SSSR count). The zero-order chi connectivity index (χ0) is 17.7. The topological polar surface area (TPSA) is 89.8 Å². The first-order chi connectivity index (χ1) is 11.4. The number of ether oxygens (including phenoxy) is 1. The van der Waals surface area contributed by atoms with Gasteiger partial charge in [0, 0.05) is 31.3 Å². The molecule has 2 aromatic rings. The summed E-state index contributed by atoms with van der Waals surface area (Å²) in [6.07, 6.45) is 0. The molecule has 0 unspecified atom stereocenters. The second kappa shape index (κ2) is 7.41. The summed E-state index contributed by atoms with van der Waals surface area (Å²) in [5, 5.41) is 10.8. The van der Waals surface area contributed by atoms with Gasteiger partial charge in [0.05, 0.1) is 16.4 Å². The number of hydrogen-bond acceptors (Lipinski definition) is 5. The molecule has 0 saturated heterocycles. The fourth-order valence-electron chi connectivity index (χ4n) is 2.19. The van der Waals surface area contributed by atoms with E-state index in [0.717, 1.165) is 15.9 Å². The smallest absolute Gasteiger partial charge is 0.270 e. The Morgan fingerprint density at radius 1 is 1.17 bits per heavy atom. The fourth-order valence-corrected chi connectivity index (χ4v) is 3.38. The molecule has 0 saturated carbocycles. The van der Waals surface area contributed by atoms with Crippen molar-refractivity contribution in [2.75, 3.05) is 13.7 Å². The van der Waals surface area contributed by atoms with Crippen LogP contribution < -0.4 is 4.74 Å². The number of hydrogen-bond donors (Lipinski definition) is 0. The van der Waals surface area contributed by atoms with Crippen LogP contribution in [-0.2, 0) is 16.6 Å². The molecule has 2 aromatic carbocycles. The summed E-state index contributed by atoms with van der Waals surface area (Å²) in [4.78, 5) is 10.1. The summed E-state index contributed by atoms with van der Waals surface area (Å²) < 4.78 is 31.9. The number of nitro groups is 1. The van der Waals surface area contributed by atoms with E-state index < -0.39 is 14.9 Å². The van der Waals surface area contributed by atoms with E-state index in [1.54, 1.807) is 18.2 Å². The number of benzene rings is 2. The van der Waals surface area contributed by atoms with Crippen molar-refractivity contribution in [3.05, 3.63) is 64.2 Å². The molecule has 8 heteroatoms. The van der Waals surface area contributed by atoms with Crippen molar-refractivity contribution in [2.45, 2.75) is 18.4 Å². The van der Waals surface area contributed by atoms with E-state index >= 15 is 0 Å². The van der Waals surface area contributed by atoms with Gasteiger partial charge in [0.25, 0.3) is 5.69 Å². The predicted molar refractivity (Wildman–Crippen MR) is 89.4 cm³/mol. The van der Waals surface area contributed by atoms with Crippen LogP contribution in [0, 0.1) is 10.1 Å². The maximum Gasteiger partial charge on any atom is 0.270 e. The molecule has 0 heterocycles. The van der Waals surface area contributed by atoms with Crippen LogP contribution in [-0.4, -0.2) is 31.3 Å². The molecule has 128 valence electrons. The lowest BCUT2D eigenvalue weighted by atomic mass is 10.2. The maximum absolute atomic E-state index is 12.6. The highest BCUT2D eigenvalue weighted by molar-refractivity contribution is 7.89. The minimum atomic E-state index is -3.85. The number of nitro benzene ring substituents is 1. The molecule has 7 nitrogen and oxygen atoms in total. The Morgan fingerprint density at radius 3 is 2.54 bits per heavy atom. The Labute approximate surface area is 140 Å². The van der Waals surface area contributed by atoms with Crippen LogP contribution in [0.15, 0.2) is 53.4 Å². The highest BCUT2D eigenvalue weighted by Gasteiger charge is 2.23. The van der Waals surface area contributed by atoms with E-state index in [9.17, 15) is 18.5 Å². The first-order valence-electron chi connectivity index (χ1n) is 7.27. The van der Waals surface area contributed by atoms with Gasteiger partial charge in [0.2, 0.25) is 10.0 Å². The zero-order valence-electron chi connectivity index (χ0n) is 13.4. The largest absolute Gasteiger partial charge is 0.494 e. The van der Waals surface area contributed by atoms with Gasteiger partial charge in [0.1, 0.15) is 5.75 Å². The van der Waals surface area contributed by atoms with Crippen molar-refractivity contribution in [3.63, 3.8) is 0 Å². The molecular weight excluding hydrogens is 332 g/mol. The van der Waals surface area contributed by atoms with E-state index in [1.807, 2.05) is 13.0 Å². The number of rotatable bonds is 7. The zero-order valence-corrected chi connectivity index (χ0v) is 14.2. The standard InChI is InChI=1S/C16H18N2O5S/c1-3-23-16-10-5-4-7-13(16)12-17(2)24(21,22)15-9-6-8-14(11-15)18(19)20/h4-11H,3,12H2,1-2H3. The molecule has 0 aliphatic rings. The van der Waals surface area contributed by atoms with Crippen molar-refractivity contribution < 1.29 is 18.1 Å².